The van der Waals surface area contributed by atoms with Gasteiger partial charge in [0, 0.05) is 39.3 Å². The predicted molar refractivity (Wildman–Crippen MR) is 159 cm³/mol. The molecule has 2 aliphatic rings. The first-order chi connectivity index (χ1) is 20.5. The van der Waals surface area contributed by atoms with Crippen LogP contribution in [-0.2, 0) is 11.3 Å². The van der Waals surface area contributed by atoms with Crippen LogP contribution in [0.25, 0.3) is 28.1 Å². The smallest absolute Gasteiger partial charge is 0.275 e. The number of benzene rings is 2. The molecule has 0 atom stereocenters. The van der Waals surface area contributed by atoms with Gasteiger partial charge in [0.05, 0.1) is 42.8 Å². The van der Waals surface area contributed by atoms with E-state index in [9.17, 15) is 14.8 Å². The first kappa shape index (κ1) is 28.8. The normalized spacial score (nSPS) is 15.3. The van der Waals surface area contributed by atoms with Crippen LogP contribution in [0.15, 0.2) is 48.8 Å². The van der Waals surface area contributed by atoms with E-state index in [2.05, 4.69) is 0 Å². The number of rotatable bonds is 5. The Morgan fingerprint density at radius 3 is 2.51 bits per heavy atom. The molecule has 43 heavy (non-hydrogen) atoms. The third-order valence-corrected chi connectivity index (χ3v) is 7.97. The number of nitrogens with zero attached hydrogens (tertiary/aromatic N) is 4. The minimum atomic E-state index is -0.751. The van der Waals surface area contributed by atoms with Crippen molar-refractivity contribution in [2.24, 2.45) is 5.73 Å². The molecule has 222 valence electrons. The molecular weight excluding hydrogens is 597 g/mol. The van der Waals surface area contributed by atoms with Crippen LogP contribution in [0.2, 0.25) is 10.0 Å². The van der Waals surface area contributed by atoms with Crippen molar-refractivity contribution in [2.75, 3.05) is 26.9 Å². The maximum atomic E-state index is 14.1. The summed E-state index contributed by atoms with van der Waals surface area (Å²) in [5.41, 5.74) is 8.30. The van der Waals surface area contributed by atoms with E-state index in [-0.39, 0.29) is 23.8 Å². The molecule has 4 heterocycles. The maximum Gasteiger partial charge on any atom is 0.275 e. The Morgan fingerprint density at radius 2 is 1.84 bits per heavy atom. The van der Waals surface area contributed by atoms with Crippen molar-refractivity contribution in [3.05, 3.63) is 80.9 Å². The van der Waals surface area contributed by atoms with Gasteiger partial charge < -0.3 is 30.1 Å². The zero-order valence-electron chi connectivity index (χ0n) is 23.5. The summed E-state index contributed by atoms with van der Waals surface area (Å²) in [6, 6.07) is 9.97. The van der Waals surface area contributed by atoms with Crippen molar-refractivity contribution in [1.29, 1.82) is 0 Å². The number of aromatic nitrogens is 3. The standard InChI is InChI=1S/C30H27Cl2N5O6/c1-30(2)15-42-5-4-36(30)29(39)26-23-14-43-25-11-24(41-3)21(16-6-17(28(33)38)13-35(40)12-16)10-22(25)27(23)37(34-26)20-8-18(31)7-19(32)9-20/h6-13H,4-5,14-15H2,1-3H3,(H2,33,38). The monoisotopic (exact) mass is 623 g/mol. The predicted octanol–water partition coefficient (Wildman–Crippen LogP) is 4.40. The lowest BCUT2D eigenvalue weighted by Gasteiger charge is -2.41. The van der Waals surface area contributed by atoms with Crippen molar-refractivity contribution in [1.82, 2.24) is 14.7 Å². The first-order valence-electron chi connectivity index (χ1n) is 13.3. The van der Waals surface area contributed by atoms with Gasteiger partial charge >= 0.3 is 0 Å². The van der Waals surface area contributed by atoms with Crippen LogP contribution < -0.4 is 19.9 Å². The van der Waals surface area contributed by atoms with E-state index in [0.29, 0.717) is 79.7 Å². The molecule has 0 saturated carbocycles. The number of fused-ring (bicyclic) bond motifs is 3. The number of halogens is 2. The summed E-state index contributed by atoms with van der Waals surface area (Å²) in [6.07, 6.45) is 2.41. The number of morpholine rings is 1. The van der Waals surface area contributed by atoms with Crippen LogP contribution in [0.4, 0.5) is 0 Å². The van der Waals surface area contributed by atoms with Crippen LogP contribution in [0.1, 0.15) is 40.3 Å². The van der Waals surface area contributed by atoms with Gasteiger partial charge in [-0.05, 0) is 44.2 Å². The van der Waals surface area contributed by atoms with Gasteiger partial charge in [0.2, 0.25) is 0 Å². The second-order valence-electron chi connectivity index (χ2n) is 10.9. The number of pyridine rings is 1. The third kappa shape index (κ3) is 5.13. The fourth-order valence-electron chi connectivity index (χ4n) is 5.49. The van der Waals surface area contributed by atoms with Gasteiger partial charge in [-0.2, -0.15) is 9.83 Å². The zero-order valence-corrected chi connectivity index (χ0v) is 25.0. The molecule has 11 nitrogen and oxygen atoms in total. The molecule has 0 radical (unpaired) electrons. The first-order valence-corrected chi connectivity index (χ1v) is 14.1. The highest BCUT2D eigenvalue weighted by Crippen LogP contribution is 2.46. The number of carbonyl (C=O) groups is 2. The molecule has 2 aromatic carbocycles. The molecule has 2 aliphatic heterocycles. The minimum Gasteiger partial charge on any atom is -0.619 e. The van der Waals surface area contributed by atoms with E-state index < -0.39 is 11.4 Å². The fraction of sp³-hybridized carbons (Fsp3) is 0.267. The summed E-state index contributed by atoms with van der Waals surface area (Å²) in [7, 11) is 1.49. The average molecular weight is 624 g/mol. The molecule has 0 aliphatic carbocycles. The molecule has 4 aromatic rings. The Bertz CT molecular complexity index is 1780. The Hall–Kier alpha value is -4.32. The van der Waals surface area contributed by atoms with E-state index in [1.165, 1.54) is 19.4 Å². The number of hydrogen-bond donors (Lipinski definition) is 1. The Balaban J connectivity index is 1.60. The Morgan fingerprint density at radius 1 is 1.09 bits per heavy atom. The number of nitrogens with two attached hydrogens (primary N) is 1. The molecule has 2 aromatic heterocycles. The summed E-state index contributed by atoms with van der Waals surface area (Å²) in [5, 5.41) is 18.0. The van der Waals surface area contributed by atoms with E-state index in [1.807, 2.05) is 13.8 Å². The Labute approximate surface area is 256 Å². The lowest BCUT2D eigenvalue weighted by Crippen LogP contribution is -2.55. The van der Waals surface area contributed by atoms with Gasteiger partial charge in [-0.1, -0.05) is 23.2 Å². The van der Waals surface area contributed by atoms with Crippen LogP contribution >= 0.6 is 23.2 Å². The van der Waals surface area contributed by atoms with E-state index in [1.54, 1.807) is 39.9 Å². The molecular formula is C30H27Cl2N5O6. The SMILES string of the molecule is COc1cc2c(cc1-c1cc(C(N)=O)c[n+]([O-])c1)-c1c(c(C(=O)N3CCOCC3(C)C)nn1-c1cc(Cl)cc(Cl)c1)CO2. The van der Waals surface area contributed by atoms with Crippen molar-refractivity contribution in [3.8, 4) is 39.6 Å². The van der Waals surface area contributed by atoms with Gasteiger partial charge in [0.1, 0.15) is 23.7 Å². The highest BCUT2D eigenvalue weighted by Gasteiger charge is 2.39. The number of hydrogen-bond acceptors (Lipinski definition) is 7. The third-order valence-electron chi connectivity index (χ3n) is 7.54. The number of carbonyl (C=O) groups excluding carboxylic acids is 2. The molecule has 0 spiro atoms. The van der Waals surface area contributed by atoms with Crippen LogP contribution in [0.5, 0.6) is 11.5 Å². The summed E-state index contributed by atoms with van der Waals surface area (Å²) < 4.78 is 19.6. The molecule has 1 fully saturated rings. The fourth-order valence-corrected chi connectivity index (χ4v) is 6.01. The van der Waals surface area contributed by atoms with Crippen LogP contribution in [0, 0.1) is 5.21 Å². The maximum absolute atomic E-state index is 14.1. The number of methoxy groups -OCH3 is 1. The zero-order chi connectivity index (χ0) is 30.6. The molecule has 2 N–H and O–H groups in total. The van der Waals surface area contributed by atoms with Crippen molar-refractivity contribution in [2.45, 2.75) is 26.0 Å². The van der Waals surface area contributed by atoms with Crippen molar-refractivity contribution in [3.63, 3.8) is 0 Å². The summed E-state index contributed by atoms with van der Waals surface area (Å²) in [6.45, 7) is 5.14. The van der Waals surface area contributed by atoms with Gasteiger partial charge in [0.25, 0.3) is 11.8 Å². The van der Waals surface area contributed by atoms with Crippen LogP contribution in [0.3, 0.4) is 0 Å². The molecule has 13 heteroatoms. The van der Waals surface area contributed by atoms with E-state index in [4.69, 9.17) is 48.2 Å². The quantitative estimate of drug-likeness (QED) is 0.257. The Kier molecular flexibility index (Phi) is 7.19. The molecule has 1 saturated heterocycles. The van der Waals surface area contributed by atoms with Gasteiger partial charge in [-0.3, -0.25) is 9.59 Å². The van der Waals surface area contributed by atoms with Gasteiger partial charge in [0.15, 0.2) is 18.1 Å². The largest absolute Gasteiger partial charge is 0.619 e. The molecule has 2 amide bonds. The minimum absolute atomic E-state index is 0.0313. The van der Waals surface area contributed by atoms with Crippen LogP contribution in [-0.4, -0.2) is 58.9 Å². The van der Waals surface area contributed by atoms with Crippen molar-refractivity contribution < 1.29 is 28.5 Å². The molecule has 6 rings (SSSR count). The van der Waals surface area contributed by atoms with Gasteiger partial charge in [-0.15, -0.1) is 0 Å². The summed E-state index contributed by atoms with van der Waals surface area (Å²) in [4.78, 5) is 27.8. The van der Waals surface area contributed by atoms with E-state index >= 15 is 0 Å². The lowest BCUT2D eigenvalue weighted by atomic mass is 9.95. The second-order valence-corrected chi connectivity index (χ2v) is 11.8. The molecule has 0 unspecified atom stereocenters. The summed E-state index contributed by atoms with van der Waals surface area (Å²) in [5.74, 6) is -0.154. The topological polar surface area (TPSA) is 136 Å². The average Bonchev–Trinajstić information content (AvgIpc) is 3.35. The highest BCUT2D eigenvalue weighted by molar-refractivity contribution is 6.34. The number of ether oxygens (including phenoxy) is 3. The number of amides is 2. The number of primary amides is 1. The molecule has 0 bridgehead atoms. The van der Waals surface area contributed by atoms with E-state index in [0.717, 1.165) is 6.20 Å². The highest BCUT2D eigenvalue weighted by atomic mass is 35.5. The second kappa shape index (κ2) is 10.7. The van der Waals surface area contributed by atoms with Gasteiger partial charge in [-0.25, -0.2) is 4.68 Å². The lowest BCUT2D eigenvalue weighted by molar-refractivity contribution is -0.604. The summed E-state index contributed by atoms with van der Waals surface area (Å²) >= 11 is 12.8. The van der Waals surface area contributed by atoms with Crippen molar-refractivity contribution >= 4 is 35.0 Å².